The molecule has 0 radical (unpaired) electrons. The fourth-order valence-corrected chi connectivity index (χ4v) is 1.97. The highest BCUT2D eigenvalue weighted by Crippen LogP contribution is 2.16. The van der Waals surface area contributed by atoms with E-state index in [9.17, 15) is 14.9 Å². The standard InChI is InChI=1S/C16H17N3O3/c1-11-4-3-5-14(10-11)17-12(2)16(20)18-13-6-8-15(9-7-13)19(21)22/h3-10,12,17H,1-2H3,(H,18,20). The number of carbonyl (C=O) groups is 1. The molecule has 114 valence electrons. The number of nitrogens with zero attached hydrogens (tertiary/aromatic N) is 1. The van der Waals surface area contributed by atoms with Crippen molar-refractivity contribution in [3.63, 3.8) is 0 Å². The maximum Gasteiger partial charge on any atom is 0.269 e. The fourth-order valence-electron chi connectivity index (χ4n) is 1.97. The lowest BCUT2D eigenvalue weighted by atomic mass is 10.2. The minimum atomic E-state index is -0.479. The minimum absolute atomic E-state index is 0.0102. The van der Waals surface area contributed by atoms with Crippen LogP contribution in [-0.4, -0.2) is 16.9 Å². The molecule has 2 aromatic rings. The summed E-state index contributed by atoms with van der Waals surface area (Å²) in [5, 5.41) is 16.4. The van der Waals surface area contributed by atoms with Crippen LogP contribution in [0.1, 0.15) is 12.5 Å². The van der Waals surface area contributed by atoms with Gasteiger partial charge in [-0.1, -0.05) is 12.1 Å². The maximum atomic E-state index is 12.1. The van der Waals surface area contributed by atoms with Crippen molar-refractivity contribution >= 4 is 23.0 Å². The lowest BCUT2D eigenvalue weighted by Gasteiger charge is -2.15. The molecule has 0 aromatic heterocycles. The molecule has 0 saturated carbocycles. The maximum absolute atomic E-state index is 12.1. The number of carbonyl (C=O) groups excluding carboxylic acids is 1. The second-order valence-corrected chi connectivity index (χ2v) is 5.03. The van der Waals surface area contributed by atoms with Crippen molar-refractivity contribution in [1.82, 2.24) is 0 Å². The predicted molar refractivity (Wildman–Crippen MR) is 86.0 cm³/mol. The Balaban J connectivity index is 1.97. The molecule has 0 spiro atoms. The van der Waals surface area contributed by atoms with E-state index >= 15 is 0 Å². The van der Waals surface area contributed by atoms with Crippen LogP contribution in [0.25, 0.3) is 0 Å². The number of nitro groups is 1. The van der Waals surface area contributed by atoms with E-state index in [4.69, 9.17) is 0 Å². The molecule has 6 heteroatoms. The molecule has 22 heavy (non-hydrogen) atoms. The van der Waals surface area contributed by atoms with Gasteiger partial charge in [-0.15, -0.1) is 0 Å². The molecule has 2 N–H and O–H groups in total. The zero-order valence-corrected chi connectivity index (χ0v) is 12.4. The average Bonchev–Trinajstić information content (AvgIpc) is 2.47. The number of non-ortho nitro benzene ring substituents is 1. The van der Waals surface area contributed by atoms with Gasteiger partial charge in [0.25, 0.3) is 5.69 Å². The third-order valence-electron chi connectivity index (χ3n) is 3.14. The summed E-state index contributed by atoms with van der Waals surface area (Å²) in [6.45, 7) is 3.73. The van der Waals surface area contributed by atoms with E-state index < -0.39 is 11.0 Å². The first kappa shape index (κ1) is 15.5. The van der Waals surface area contributed by atoms with Crippen LogP contribution in [0.3, 0.4) is 0 Å². The van der Waals surface area contributed by atoms with Crippen LogP contribution in [0, 0.1) is 17.0 Å². The molecule has 6 nitrogen and oxygen atoms in total. The van der Waals surface area contributed by atoms with Gasteiger partial charge in [0.05, 0.1) is 4.92 Å². The summed E-state index contributed by atoms with van der Waals surface area (Å²) in [5.41, 5.74) is 2.48. The number of nitro benzene ring substituents is 1. The minimum Gasteiger partial charge on any atom is -0.374 e. The molecule has 0 aliphatic rings. The van der Waals surface area contributed by atoms with Crippen LogP contribution in [0.4, 0.5) is 17.1 Å². The first-order valence-corrected chi connectivity index (χ1v) is 6.84. The van der Waals surface area contributed by atoms with Crippen LogP contribution in [0.15, 0.2) is 48.5 Å². The van der Waals surface area contributed by atoms with Crippen molar-refractivity contribution in [1.29, 1.82) is 0 Å². The molecular formula is C16H17N3O3. The lowest BCUT2D eigenvalue weighted by Crippen LogP contribution is -2.31. The normalized spacial score (nSPS) is 11.5. The first-order valence-electron chi connectivity index (χ1n) is 6.84. The zero-order chi connectivity index (χ0) is 16.1. The van der Waals surface area contributed by atoms with Crippen LogP contribution in [0.2, 0.25) is 0 Å². The number of amides is 1. The summed E-state index contributed by atoms with van der Waals surface area (Å²) < 4.78 is 0. The molecule has 2 aromatic carbocycles. The number of nitrogens with one attached hydrogen (secondary N) is 2. The largest absolute Gasteiger partial charge is 0.374 e. The van der Waals surface area contributed by atoms with Gasteiger partial charge < -0.3 is 10.6 Å². The van der Waals surface area contributed by atoms with Gasteiger partial charge in [0.2, 0.25) is 5.91 Å². The smallest absolute Gasteiger partial charge is 0.269 e. The highest BCUT2D eigenvalue weighted by atomic mass is 16.6. The SMILES string of the molecule is Cc1cccc(NC(C)C(=O)Nc2ccc([N+](=O)[O-])cc2)c1. The number of aryl methyl sites for hydroxylation is 1. The molecule has 0 aliphatic carbocycles. The summed E-state index contributed by atoms with van der Waals surface area (Å²) in [5.74, 6) is -0.213. The molecule has 0 heterocycles. The summed E-state index contributed by atoms with van der Waals surface area (Å²) >= 11 is 0. The Morgan fingerprint density at radius 2 is 1.82 bits per heavy atom. The fraction of sp³-hybridized carbons (Fsp3) is 0.188. The second kappa shape index (κ2) is 6.71. The summed E-state index contributed by atoms with van der Waals surface area (Å²) in [4.78, 5) is 22.2. The molecular weight excluding hydrogens is 282 g/mol. The third-order valence-corrected chi connectivity index (χ3v) is 3.14. The summed E-state index contributed by atoms with van der Waals surface area (Å²) in [7, 11) is 0. The topological polar surface area (TPSA) is 84.3 Å². The van der Waals surface area contributed by atoms with Gasteiger partial charge in [-0.2, -0.15) is 0 Å². The molecule has 0 fully saturated rings. The Bertz CT molecular complexity index is 683. The molecule has 1 amide bonds. The highest BCUT2D eigenvalue weighted by Gasteiger charge is 2.13. The van der Waals surface area contributed by atoms with Gasteiger partial charge in [0.15, 0.2) is 0 Å². The Kier molecular flexibility index (Phi) is 4.73. The van der Waals surface area contributed by atoms with E-state index in [2.05, 4.69) is 10.6 Å². The van der Waals surface area contributed by atoms with Crippen molar-refractivity contribution in [3.8, 4) is 0 Å². The van der Waals surface area contributed by atoms with Gasteiger partial charge in [0, 0.05) is 23.5 Å². The predicted octanol–water partition coefficient (Wildman–Crippen LogP) is 3.34. The van der Waals surface area contributed by atoms with E-state index in [1.165, 1.54) is 24.3 Å². The van der Waals surface area contributed by atoms with Gasteiger partial charge in [-0.05, 0) is 43.7 Å². The second-order valence-electron chi connectivity index (χ2n) is 5.03. The molecule has 0 saturated heterocycles. The lowest BCUT2D eigenvalue weighted by molar-refractivity contribution is -0.384. The van der Waals surface area contributed by atoms with Crippen molar-refractivity contribution in [2.75, 3.05) is 10.6 Å². The Morgan fingerprint density at radius 1 is 1.14 bits per heavy atom. The Labute approximate surface area is 128 Å². The van der Waals surface area contributed by atoms with Crippen molar-refractivity contribution in [2.45, 2.75) is 19.9 Å². The van der Waals surface area contributed by atoms with Crippen molar-refractivity contribution in [2.24, 2.45) is 0 Å². The van der Waals surface area contributed by atoms with E-state index in [0.29, 0.717) is 5.69 Å². The summed E-state index contributed by atoms with van der Waals surface area (Å²) in [6.07, 6.45) is 0. The van der Waals surface area contributed by atoms with E-state index in [0.717, 1.165) is 11.3 Å². The van der Waals surface area contributed by atoms with Crippen LogP contribution in [0.5, 0.6) is 0 Å². The number of hydrogen-bond donors (Lipinski definition) is 2. The number of anilines is 2. The third kappa shape index (κ3) is 4.05. The first-order chi connectivity index (χ1) is 10.5. The molecule has 1 atom stereocenters. The molecule has 0 aliphatic heterocycles. The molecule has 0 bridgehead atoms. The molecule has 1 unspecified atom stereocenters. The van der Waals surface area contributed by atoms with E-state index in [1.54, 1.807) is 6.92 Å². The van der Waals surface area contributed by atoms with Crippen LogP contribution in [-0.2, 0) is 4.79 Å². The van der Waals surface area contributed by atoms with Gasteiger partial charge in [-0.25, -0.2) is 0 Å². The monoisotopic (exact) mass is 299 g/mol. The van der Waals surface area contributed by atoms with Crippen LogP contribution < -0.4 is 10.6 Å². The Hall–Kier alpha value is -2.89. The van der Waals surface area contributed by atoms with Crippen molar-refractivity contribution in [3.05, 3.63) is 64.2 Å². The zero-order valence-electron chi connectivity index (χ0n) is 12.4. The van der Waals surface area contributed by atoms with Crippen LogP contribution >= 0.6 is 0 Å². The average molecular weight is 299 g/mol. The number of hydrogen-bond acceptors (Lipinski definition) is 4. The molecule has 2 rings (SSSR count). The van der Waals surface area contributed by atoms with Crippen molar-refractivity contribution < 1.29 is 9.72 Å². The van der Waals surface area contributed by atoms with Gasteiger partial charge >= 0.3 is 0 Å². The Morgan fingerprint density at radius 3 is 2.41 bits per heavy atom. The quantitative estimate of drug-likeness (QED) is 0.655. The van der Waals surface area contributed by atoms with Gasteiger partial charge in [0.1, 0.15) is 6.04 Å². The highest BCUT2D eigenvalue weighted by molar-refractivity contribution is 5.96. The van der Waals surface area contributed by atoms with E-state index in [-0.39, 0.29) is 11.6 Å². The van der Waals surface area contributed by atoms with E-state index in [1.807, 2.05) is 31.2 Å². The number of rotatable bonds is 5. The van der Waals surface area contributed by atoms with Gasteiger partial charge in [-0.3, -0.25) is 14.9 Å². The number of benzene rings is 2. The summed E-state index contributed by atoms with van der Waals surface area (Å²) in [6, 6.07) is 13.0.